The zero-order chi connectivity index (χ0) is 29.7. The van der Waals surface area contributed by atoms with Crippen molar-refractivity contribution in [2.24, 2.45) is 0 Å². The van der Waals surface area contributed by atoms with Gasteiger partial charge in [-0.3, -0.25) is 8.77 Å². The Morgan fingerprint density at radius 2 is 1.77 bits per heavy atom. The minimum atomic E-state index is -1.53. The number of rotatable bonds is 8. The van der Waals surface area contributed by atoms with E-state index in [0.29, 0.717) is 41.5 Å². The predicted molar refractivity (Wildman–Crippen MR) is 158 cm³/mol. The largest absolute Gasteiger partial charge is 0.465 e. The van der Waals surface area contributed by atoms with Crippen molar-refractivity contribution in [3.8, 4) is 17.0 Å². The summed E-state index contributed by atoms with van der Waals surface area (Å²) < 4.78 is 45.6. The molecule has 1 fully saturated rings. The summed E-state index contributed by atoms with van der Waals surface area (Å²) in [4.78, 5) is 12.2. The molecule has 2 atom stereocenters. The fraction of sp³-hybridized carbons (Fsp3) is 0.452. The Morgan fingerprint density at radius 3 is 2.30 bits per heavy atom. The van der Waals surface area contributed by atoms with E-state index in [1.54, 1.807) is 46.4 Å². The summed E-state index contributed by atoms with van der Waals surface area (Å²) in [5.74, 6) is 0.342. The Kier molecular flexibility index (Phi) is 13.5. The smallest absolute Gasteiger partial charge is 0.293 e. The van der Waals surface area contributed by atoms with Gasteiger partial charge in [-0.2, -0.15) is 0 Å². The van der Waals surface area contributed by atoms with Crippen LogP contribution in [0, 0.1) is 5.82 Å². The maximum atomic E-state index is 14.5. The topological polar surface area (TPSA) is 70.0 Å². The van der Waals surface area contributed by atoms with Gasteiger partial charge in [-0.15, -0.1) is 0 Å². The maximum Gasteiger partial charge on any atom is 0.293 e. The highest BCUT2D eigenvalue weighted by molar-refractivity contribution is 7.83. The summed E-state index contributed by atoms with van der Waals surface area (Å²) in [7, 11) is 2.40. The first-order chi connectivity index (χ1) is 19.1. The summed E-state index contributed by atoms with van der Waals surface area (Å²) >= 11 is 0. The van der Waals surface area contributed by atoms with Crippen molar-refractivity contribution in [2.75, 3.05) is 20.7 Å². The average Bonchev–Trinajstić information content (AvgIpc) is 3.33. The molecule has 2 heterocycles. The Hall–Kier alpha value is -3.01. The molecule has 1 aliphatic heterocycles. The summed E-state index contributed by atoms with van der Waals surface area (Å²) in [6, 6.07) is 15.6. The van der Waals surface area contributed by atoms with Crippen molar-refractivity contribution in [1.29, 1.82) is 0 Å². The van der Waals surface area contributed by atoms with E-state index in [9.17, 15) is 13.4 Å². The molecule has 40 heavy (non-hydrogen) atoms. The van der Waals surface area contributed by atoms with Crippen LogP contribution >= 0.6 is 0 Å². The van der Waals surface area contributed by atoms with Crippen LogP contribution in [-0.4, -0.2) is 52.1 Å². The van der Waals surface area contributed by atoms with Crippen molar-refractivity contribution in [1.82, 2.24) is 8.87 Å². The quantitative estimate of drug-likeness (QED) is 0.275. The van der Waals surface area contributed by atoms with E-state index >= 15 is 0 Å². The van der Waals surface area contributed by atoms with Gasteiger partial charge in [-0.05, 0) is 95.7 Å². The number of nitrogens with zero attached hydrogens (tertiary/aromatic N) is 2. The minimum Gasteiger partial charge on any atom is -0.465 e. The monoisotopic (exact) mass is 574 g/mol. The molecule has 0 N–H and O–H groups in total. The molecule has 0 amide bonds. The zero-order valence-electron chi connectivity index (χ0n) is 24.7. The molecule has 2 aromatic carbocycles. The lowest BCUT2D eigenvalue weighted by molar-refractivity contribution is -0.138. The van der Waals surface area contributed by atoms with Gasteiger partial charge in [0.05, 0.1) is 17.2 Å². The van der Waals surface area contributed by atoms with Crippen molar-refractivity contribution in [2.45, 2.75) is 77.2 Å². The Labute approximate surface area is 240 Å². The second-order valence-electron chi connectivity index (χ2n) is 10.2. The Bertz CT molecular complexity index is 1200. The van der Waals surface area contributed by atoms with Gasteiger partial charge in [-0.25, -0.2) is 8.60 Å². The number of halogens is 1. The number of ether oxygens (including phenoxy) is 3. The van der Waals surface area contributed by atoms with E-state index < -0.39 is 11.0 Å². The number of carbonyl (C=O) groups excluding carboxylic acids is 1. The van der Waals surface area contributed by atoms with Crippen molar-refractivity contribution < 1.29 is 27.6 Å². The summed E-state index contributed by atoms with van der Waals surface area (Å²) in [6.45, 7) is 11.3. The second-order valence-corrected chi connectivity index (χ2v) is 11.6. The lowest BCUT2D eigenvalue weighted by Gasteiger charge is -2.23. The SMILES string of the molecule is CC.CC(C)(C)OC=O.CN(C)Cc1cc(-c2ccccc2F)n(S(=O)c2ccc(OC3CCCCO3)cc2)c1. The number of carbonyl (C=O) groups is 1. The third-order valence-electron chi connectivity index (χ3n) is 5.50. The predicted octanol–water partition coefficient (Wildman–Crippen LogP) is 6.82. The lowest BCUT2D eigenvalue weighted by Crippen LogP contribution is -2.24. The van der Waals surface area contributed by atoms with Crippen LogP contribution in [0.25, 0.3) is 11.3 Å². The van der Waals surface area contributed by atoms with Gasteiger partial charge in [0.15, 0.2) is 17.3 Å². The first kappa shape index (κ1) is 33.2. The van der Waals surface area contributed by atoms with Crippen LogP contribution in [0.2, 0.25) is 0 Å². The lowest BCUT2D eigenvalue weighted by atomic mass is 10.1. The molecule has 0 bridgehead atoms. The zero-order valence-corrected chi connectivity index (χ0v) is 25.5. The molecule has 0 spiro atoms. The molecule has 0 radical (unpaired) electrons. The highest BCUT2D eigenvalue weighted by atomic mass is 32.2. The maximum absolute atomic E-state index is 14.5. The second kappa shape index (κ2) is 16.3. The van der Waals surface area contributed by atoms with Crippen LogP contribution in [0.15, 0.2) is 65.7 Å². The molecule has 2 unspecified atom stereocenters. The van der Waals surface area contributed by atoms with Crippen molar-refractivity contribution in [3.63, 3.8) is 0 Å². The van der Waals surface area contributed by atoms with Gasteiger partial charge in [0.1, 0.15) is 17.2 Å². The van der Waals surface area contributed by atoms with E-state index in [-0.39, 0.29) is 17.7 Å². The van der Waals surface area contributed by atoms with Crippen LogP contribution in [0.3, 0.4) is 0 Å². The average molecular weight is 575 g/mol. The molecule has 4 rings (SSSR count). The van der Waals surface area contributed by atoms with Gasteiger partial charge in [0, 0.05) is 24.7 Å². The van der Waals surface area contributed by atoms with Gasteiger partial charge >= 0.3 is 0 Å². The molecule has 0 saturated carbocycles. The minimum absolute atomic E-state index is 0.226. The van der Waals surface area contributed by atoms with Gasteiger partial charge in [-0.1, -0.05) is 26.0 Å². The normalized spacial score (nSPS) is 15.7. The molecule has 1 aliphatic rings. The molecule has 0 aliphatic carbocycles. The van der Waals surface area contributed by atoms with Crippen LogP contribution in [0.5, 0.6) is 5.75 Å². The highest BCUT2D eigenvalue weighted by Gasteiger charge is 2.19. The number of aromatic nitrogens is 1. The van der Waals surface area contributed by atoms with Crippen LogP contribution in [0.4, 0.5) is 4.39 Å². The molecule has 7 nitrogen and oxygen atoms in total. The first-order valence-corrected chi connectivity index (χ1v) is 14.7. The van der Waals surface area contributed by atoms with Crippen molar-refractivity contribution in [3.05, 3.63) is 72.2 Å². The van der Waals surface area contributed by atoms with E-state index in [4.69, 9.17) is 9.47 Å². The van der Waals surface area contributed by atoms with Gasteiger partial charge in [0.25, 0.3) is 6.47 Å². The molecular formula is C31H43FN2O5S. The van der Waals surface area contributed by atoms with E-state index in [2.05, 4.69) is 4.74 Å². The summed E-state index contributed by atoms with van der Waals surface area (Å²) in [6.07, 6.45) is 4.63. The molecule has 1 saturated heterocycles. The molecule has 1 aromatic heterocycles. The Morgan fingerprint density at radius 1 is 1.10 bits per heavy atom. The van der Waals surface area contributed by atoms with Crippen LogP contribution in [-0.2, 0) is 31.8 Å². The van der Waals surface area contributed by atoms with E-state index in [1.807, 2.05) is 65.9 Å². The summed E-state index contributed by atoms with van der Waals surface area (Å²) in [5, 5.41) is 0. The highest BCUT2D eigenvalue weighted by Crippen LogP contribution is 2.29. The fourth-order valence-corrected chi connectivity index (χ4v) is 4.96. The van der Waals surface area contributed by atoms with E-state index in [0.717, 1.165) is 24.8 Å². The number of hydrogen-bond acceptors (Lipinski definition) is 6. The molecule has 9 heteroatoms. The van der Waals surface area contributed by atoms with Gasteiger partial charge in [0.2, 0.25) is 0 Å². The fourth-order valence-electron chi connectivity index (χ4n) is 3.80. The first-order valence-electron chi connectivity index (χ1n) is 13.6. The van der Waals surface area contributed by atoms with Crippen molar-refractivity contribution >= 4 is 17.5 Å². The van der Waals surface area contributed by atoms with Crippen LogP contribution in [0.1, 0.15) is 59.4 Å². The van der Waals surface area contributed by atoms with Gasteiger partial charge < -0.3 is 19.1 Å². The number of hydrogen-bond donors (Lipinski definition) is 0. The summed E-state index contributed by atoms with van der Waals surface area (Å²) in [5.41, 5.74) is 1.66. The standard InChI is InChI=1S/C24H27FN2O3S.C5H10O2.C2H6/c1-26(2)16-18-15-23(21-7-3-4-8-22(21)25)27(17-18)31(28)20-12-10-19(11-13-20)30-24-9-5-6-14-29-24;1-5(2,3)7-4-6;1-2/h3-4,7-8,10-13,15,17,24H,5-6,9,14,16H2,1-2H3;4H,1-3H3;1-2H3. The Balaban J connectivity index is 0.000000545. The molecular weight excluding hydrogens is 531 g/mol. The van der Waals surface area contributed by atoms with E-state index in [1.165, 1.54) is 6.07 Å². The van der Waals surface area contributed by atoms with Crippen LogP contribution < -0.4 is 4.74 Å². The third-order valence-corrected chi connectivity index (χ3v) is 6.84. The molecule has 3 aromatic rings. The number of benzene rings is 2. The third kappa shape index (κ3) is 10.5. The molecule has 220 valence electrons.